The number of carbonyl (C=O) groups excluding carboxylic acids is 2. The standard InChI is InChI=1S/C29H41F3N6O2/c1-18(2)34-28(40)38-25-13-10-21(29(30,31)32)14-24(25)27(36-38)33-15-26(39)35-22-16-37(17-22)23-11-8-20(9-12-23)19-6-4-3-5-7-19/h10,13-14,18-20,22-23H,3-9,11-12,15-17H2,1-2H3,(H,33,36)(H,34,40)(H,35,39)/t20-,23+. The van der Waals surface area contributed by atoms with Crippen molar-refractivity contribution in [2.45, 2.75) is 95.9 Å². The molecule has 0 spiro atoms. The first-order chi connectivity index (χ1) is 19.1. The fourth-order valence-electron chi connectivity index (χ4n) is 6.78. The molecule has 5 rings (SSSR count). The third-order valence-corrected chi connectivity index (χ3v) is 8.88. The second-order valence-corrected chi connectivity index (χ2v) is 12.1. The number of alkyl halides is 3. The van der Waals surface area contributed by atoms with Crippen LogP contribution in [-0.2, 0) is 11.0 Å². The van der Waals surface area contributed by atoms with Crippen LogP contribution in [0.25, 0.3) is 10.9 Å². The van der Waals surface area contributed by atoms with E-state index in [1.807, 2.05) is 0 Å². The molecule has 3 fully saturated rings. The first-order valence-corrected chi connectivity index (χ1v) is 14.8. The van der Waals surface area contributed by atoms with Gasteiger partial charge in [-0.05, 0) is 69.6 Å². The topological polar surface area (TPSA) is 91.3 Å². The van der Waals surface area contributed by atoms with E-state index in [-0.39, 0.29) is 41.3 Å². The highest BCUT2D eigenvalue weighted by Gasteiger charge is 2.37. The smallest absolute Gasteiger partial charge is 0.359 e. The predicted octanol–water partition coefficient (Wildman–Crippen LogP) is 5.37. The fraction of sp³-hybridized carbons (Fsp3) is 0.690. The molecule has 2 aromatic rings. The van der Waals surface area contributed by atoms with Crippen molar-refractivity contribution in [1.82, 2.24) is 25.3 Å². The highest BCUT2D eigenvalue weighted by molar-refractivity contribution is 5.98. The molecule has 220 valence electrons. The van der Waals surface area contributed by atoms with Crippen molar-refractivity contribution in [3.8, 4) is 0 Å². The SMILES string of the molecule is CC(C)NC(=O)n1nc(NCC(=O)NC2CN([C@H]3CC[C@@H](C4CCCCC4)CC3)C2)c2cc(C(F)(F)F)ccc21. The molecule has 2 aliphatic carbocycles. The molecule has 0 radical (unpaired) electrons. The van der Waals surface area contributed by atoms with Crippen molar-refractivity contribution < 1.29 is 22.8 Å². The van der Waals surface area contributed by atoms with Gasteiger partial charge < -0.3 is 16.0 Å². The number of benzene rings is 1. The summed E-state index contributed by atoms with van der Waals surface area (Å²) < 4.78 is 41.1. The Morgan fingerprint density at radius 2 is 1.68 bits per heavy atom. The molecule has 8 nitrogen and oxygen atoms in total. The largest absolute Gasteiger partial charge is 0.416 e. The maximum atomic E-state index is 13.4. The van der Waals surface area contributed by atoms with Gasteiger partial charge >= 0.3 is 12.2 Å². The summed E-state index contributed by atoms with van der Waals surface area (Å²) in [7, 11) is 0. The van der Waals surface area contributed by atoms with Gasteiger partial charge in [-0.2, -0.15) is 17.9 Å². The summed E-state index contributed by atoms with van der Waals surface area (Å²) in [6.45, 7) is 5.05. The molecule has 0 unspecified atom stereocenters. The number of nitrogens with zero attached hydrogens (tertiary/aromatic N) is 3. The van der Waals surface area contributed by atoms with E-state index in [9.17, 15) is 22.8 Å². The van der Waals surface area contributed by atoms with E-state index >= 15 is 0 Å². The minimum absolute atomic E-state index is 0.0557. The molecule has 11 heteroatoms. The van der Waals surface area contributed by atoms with Crippen LogP contribution in [0, 0.1) is 11.8 Å². The lowest BCUT2D eigenvalue weighted by Crippen LogP contribution is -2.63. The van der Waals surface area contributed by atoms with Crippen LogP contribution < -0.4 is 16.0 Å². The maximum Gasteiger partial charge on any atom is 0.416 e. The van der Waals surface area contributed by atoms with E-state index in [1.54, 1.807) is 13.8 Å². The first kappa shape index (κ1) is 28.7. The van der Waals surface area contributed by atoms with Crippen LogP contribution in [0.3, 0.4) is 0 Å². The average molecular weight is 563 g/mol. The number of hydrogen-bond donors (Lipinski definition) is 3. The van der Waals surface area contributed by atoms with Crippen molar-refractivity contribution in [2.75, 3.05) is 25.0 Å². The van der Waals surface area contributed by atoms with E-state index in [4.69, 9.17) is 0 Å². The molecular formula is C29H41F3N6O2. The number of nitrogens with one attached hydrogen (secondary N) is 3. The van der Waals surface area contributed by atoms with Crippen molar-refractivity contribution in [3.63, 3.8) is 0 Å². The summed E-state index contributed by atoms with van der Waals surface area (Å²) in [5.41, 5.74) is -0.624. The first-order valence-electron chi connectivity index (χ1n) is 14.8. The second-order valence-electron chi connectivity index (χ2n) is 12.1. The number of halogens is 3. The van der Waals surface area contributed by atoms with Crippen molar-refractivity contribution in [3.05, 3.63) is 23.8 Å². The summed E-state index contributed by atoms with van der Waals surface area (Å²) >= 11 is 0. The molecule has 2 heterocycles. The lowest BCUT2D eigenvalue weighted by atomic mass is 9.72. The highest BCUT2D eigenvalue weighted by atomic mass is 19.4. The van der Waals surface area contributed by atoms with E-state index in [1.165, 1.54) is 63.9 Å². The summed E-state index contributed by atoms with van der Waals surface area (Å²) in [6.07, 6.45) is 7.58. The number of fused-ring (bicyclic) bond motifs is 1. The molecule has 3 aliphatic rings. The van der Waals surface area contributed by atoms with Crippen LogP contribution in [0.4, 0.5) is 23.8 Å². The number of rotatable bonds is 7. The molecule has 2 saturated carbocycles. The van der Waals surface area contributed by atoms with Gasteiger partial charge in [0.05, 0.1) is 23.7 Å². The lowest BCUT2D eigenvalue weighted by Gasteiger charge is -2.47. The molecule has 1 aromatic heterocycles. The Morgan fingerprint density at radius 1 is 1.00 bits per heavy atom. The predicted molar refractivity (Wildman–Crippen MR) is 148 cm³/mol. The maximum absolute atomic E-state index is 13.4. The summed E-state index contributed by atoms with van der Waals surface area (Å²) in [5.74, 6) is 1.62. The molecule has 1 aromatic carbocycles. The molecule has 2 amide bonds. The van der Waals surface area contributed by atoms with Crippen molar-refractivity contribution >= 4 is 28.7 Å². The van der Waals surface area contributed by atoms with E-state index in [0.717, 1.165) is 41.7 Å². The zero-order valence-corrected chi connectivity index (χ0v) is 23.4. The minimum Gasteiger partial charge on any atom is -0.359 e. The Balaban J connectivity index is 1.13. The molecule has 1 aliphatic heterocycles. The fourth-order valence-corrected chi connectivity index (χ4v) is 6.78. The zero-order valence-electron chi connectivity index (χ0n) is 23.4. The monoisotopic (exact) mass is 562 g/mol. The Morgan fingerprint density at radius 3 is 2.33 bits per heavy atom. The van der Waals surface area contributed by atoms with Crippen LogP contribution in [-0.4, -0.2) is 64.4 Å². The van der Waals surface area contributed by atoms with Gasteiger partial charge in [-0.1, -0.05) is 32.1 Å². The molecule has 1 saturated heterocycles. The summed E-state index contributed by atoms with van der Waals surface area (Å²) in [6, 6.07) is 3.02. The van der Waals surface area contributed by atoms with Gasteiger partial charge in [0, 0.05) is 30.6 Å². The number of likely N-dealkylation sites (tertiary alicyclic amines) is 1. The Bertz CT molecular complexity index is 1190. The van der Waals surface area contributed by atoms with E-state index < -0.39 is 17.8 Å². The van der Waals surface area contributed by atoms with Gasteiger partial charge in [0.1, 0.15) is 0 Å². The van der Waals surface area contributed by atoms with Gasteiger partial charge in [0.25, 0.3) is 0 Å². The third kappa shape index (κ3) is 6.56. The summed E-state index contributed by atoms with van der Waals surface area (Å²) in [4.78, 5) is 27.8. The van der Waals surface area contributed by atoms with Crippen LogP contribution >= 0.6 is 0 Å². The Kier molecular flexibility index (Phi) is 8.58. The quantitative estimate of drug-likeness (QED) is 0.422. The van der Waals surface area contributed by atoms with Gasteiger partial charge in [0.15, 0.2) is 5.82 Å². The second kappa shape index (κ2) is 12.0. The number of anilines is 1. The molecule has 0 atom stereocenters. The van der Waals surface area contributed by atoms with E-state index in [2.05, 4.69) is 25.9 Å². The van der Waals surface area contributed by atoms with Gasteiger partial charge in [-0.3, -0.25) is 9.69 Å². The minimum atomic E-state index is -4.55. The number of aromatic nitrogens is 2. The van der Waals surface area contributed by atoms with Crippen LogP contribution in [0.2, 0.25) is 0 Å². The number of hydrogen-bond acceptors (Lipinski definition) is 5. The van der Waals surface area contributed by atoms with Crippen LogP contribution in [0.5, 0.6) is 0 Å². The van der Waals surface area contributed by atoms with Gasteiger partial charge in [0.2, 0.25) is 5.91 Å². The highest BCUT2D eigenvalue weighted by Crippen LogP contribution is 2.40. The van der Waals surface area contributed by atoms with Crippen LogP contribution in [0.1, 0.15) is 77.2 Å². The number of amides is 2. The Labute approximate surface area is 233 Å². The van der Waals surface area contributed by atoms with Crippen molar-refractivity contribution in [2.24, 2.45) is 11.8 Å². The molecular weight excluding hydrogens is 521 g/mol. The lowest BCUT2D eigenvalue weighted by molar-refractivity contribution is -0.137. The zero-order chi connectivity index (χ0) is 28.4. The summed E-state index contributed by atoms with van der Waals surface area (Å²) in [5, 5.41) is 12.9. The third-order valence-electron chi connectivity index (χ3n) is 8.88. The number of carbonyl (C=O) groups is 2. The van der Waals surface area contributed by atoms with Crippen molar-refractivity contribution in [1.29, 1.82) is 0 Å². The molecule has 0 bridgehead atoms. The normalized spacial score (nSPS) is 23.2. The molecule has 3 N–H and O–H groups in total. The Hall–Kier alpha value is -2.82. The van der Waals surface area contributed by atoms with Gasteiger partial charge in [-0.25, -0.2) is 4.79 Å². The van der Waals surface area contributed by atoms with E-state index in [0.29, 0.717) is 6.04 Å². The van der Waals surface area contributed by atoms with Crippen LogP contribution in [0.15, 0.2) is 18.2 Å². The molecule has 40 heavy (non-hydrogen) atoms. The van der Waals surface area contributed by atoms with Gasteiger partial charge in [-0.15, -0.1) is 5.10 Å². The average Bonchev–Trinajstić information content (AvgIpc) is 3.27.